The van der Waals surface area contributed by atoms with Gasteiger partial charge in [-0.25, -0.2) is 19.2 Å². The zero-order chi connectivity index (χ0) is 18.8. The summed E-state index contributed by atoms with van der Waals surface area (Å²) in [6.45, 7) is 4.47. The highest BCUT2D eigenvalue weighted by atomic mass is 19.1. The van der Waals surface area contributed by atoms with Gasteiger partial charge in [-0.1, -0.05) is 12.1 Å². The van der Waals surface area contributed by atoms with Crippen LogP contribution in [0, 0.1) is 12.7 Å². The Labute approximate surface area is 156 Å². The molecule has 7 nitrogen and oxygen atoms in total. The van der Waals surface area contributed by atoms with Crippen LogP contribution in [0.3, 0.4) is 0 Å². The quantitative estimate of drug-likeness (QED) is 0.744. The molecule has 8 heteroatoms. The van der Waals surface area contributed by atoms with Gasteiger partial charge in [0.25, 0.3) is 0 Å². The standard InChI is InChI=1S/C19H21FN6O/c1-13-4-2-6-15-17(13)24-16(23-15)12-22-19(27)26-10-8-25(9-11-26)18-14(20)5-3-7-21-18/h2-7H,8-12H2,1H3,(H,22,27)(H,23,24). The zero-order valence-electron chi connectivity index (χ0n) is 15.1. The molecular formula is C19H21FN6O. The first-order valence-corrected chi connectivity index (χ1v) is 8.94. The van der Waals surface area contributed by atoms with E-state index < -0.39 is 0 Å². The molecule has 0 saturated carbocycles. The van der Waals surface area contributed by atoms with E-state index in [2.05, 4.69) is 20.3 Å². The van der Waals surface area contributed by atoms with E-state index in [4.69, 9.17) is 0 Å². The van der Waals surface area contributed by atoms with Gasteiger partial charge in [-0.05, 0) is 30.7 Å². The maximum atomic E-state index is 13.8. The average Bonchev–Trinajstić information content (AvgIpc) is 3.11. The molecule has 140 valence electrons. The second kappa shape index (κ2) is 7.22. The average molecular weight is 368 g/mol. The molecule has 0 spiro atoms. The fourth-order valence-corrected chi connectivity index (χ4v) is 3.31. The number of nitrogens with one attached hydrogen (secondary N) is 2. The Hall–Kier alpha value is -3.16. The Bertz CT molecular complexity index is 964. The van der Waals surface area contributed by atoms with Gasteiger partial charge in [-0.2, -0.15) is 0 Å². The Balaban J connectivity index is 1.33. The Morgan fingerprint density at radius 1 is 1.22 bits per heavy atom. The van der Waals surface area contributed by atoms with Crippen LogP contribution in [0.5, 0.6) is 0 Å². The summed E-state index contributed by atoms with van der Waals surface area (Å²) in [5.41, 5.74) is 2.98. The van der Waals surface area contributed by atoms with Crippen molar-refractivity contribution in [2.75, 3.05) is 31.1 Å². The number of pyridine rings is 1. The minimum absolute atomic E-state index is 0.145. The molecule has 27 heavy (non-hydrogen) atoms. The number of fused-ring (bicyclic) bond motifs is 1. The van der Waals surface area contributed by atoms with Gasteiger partial charge < -0.3 is 20.1 Å². The smallest absolute Gasteiger partial charge is 0.317 e. The fraction of sp³-hybridized carbons (Fsp3) is 0.316. The normalized spacial score (nSPS) is 14.6. The number of anilines is 1. The predicted octanol–water partition coefficient (Wildman–Crippen LogP) is 2.44. The van der Waals surface area contributed by atoms with Gasteiger partial charge in [0.15, 0.2) is 11.6 Å². The molecule has 0 unspecified atom stereocenters. The number of piperazine rings is 1. The lowest BCUT2D eigenvalue weighted by Crippen LogP contribution is -2.52. The highest BCUT2D eigenvalue weighted by Crippen LogP contribution is 2.17. The third-order valence-electron chi connectivity index (χ3n) is 4.78. The number of nitrogens with zero attached hydrogens (tertiary/aromatic N) is 4. The van der Waals surface area contributed by atoms with E-state index >= 15 is 0 Å². The minimum atomic E-state index is -0.337. The summed E-state index contributed by atoms with van der Waals surface area (Å²) in [5.74, 6) is 0.729. The zero-order valence-corrected chi connectivity index (χ0v) is 15.1. The topological polar surface area (TPSA) is 77.2 Å². The van der Waals surface area contributed by atoms with Gasteiger partial charge in [-0.15, -0.1) is 0 Å². The maximum absolute atomic E-state index is 13.8. The number of imidazole rings is 1. The van der Waals surface area contributed by atoms with Crippen molar-refractivity contribution in [1.82, 2.24) is 25.2 Å². The molecule has 0 aliphatic carbocycles. The number of aryl methyl sites for hydroxylation is 1. The lowest BCUT2D eigenvalue weighted by Gasteiger charge is -2.35. The molecule has 3 heterocycles. The number of hydrogen-bond donors (Lipinski definition) is 2. The van der Waals surface area contributed by atoms with Crippen molar-refractivity contribution in [2.24, 2.45) is 0 Å². The molecule has 1 aliphatic heterocycles. The number of H-pyrrole nitrogens is 1. The predicted molar refractivity (Wildman–Crippen MR) is 101 cm³/mol. The van der Waals surface area contributed by atoms with Gasteiger partial charge in [0, 0.05) is 32.4 Å². The van der Waals surface area contributed by atoms with Crippen molar-refractivity contribution in [3.63, 3.8) is 0 Å². The van der Waals surface area contributed by atoms with Crippen molar-refractivity contribution < 1.29 is 9.18 Å². The van der Waals surface area contributed by atoms with E-state index in [9.17, 15) is 9.18 Å². The summed E-state index contributed by atoms with van der Waals surface area (Å²) in [6.07, 6.45) is 1.58. The highest BCUT2D eigenvalue weighted by molar-refractivity contribution is 5.79. The van der Waals surface area contributed by atoms with E-state index in [1.54, 1.807) is 17.2 Å². The lowest BCUT2D eigenvalue weighted by atomic mass is 10.2. The number of carbonyl (C=O) groups is 1. The number of rotatable bonds is 3. The van der Waals surface area contributed by atoms with Crippen LogP contribution in [0.4, 0.5) is 15.0 Å². The summed E-state index contributed by atoms with van der Waals surface area (Å²) in [4.78, 5) is 27.9. The molecular weight excluding hydrogens is 347 g/mol. The first-order valence-electron chi connectivity index (χ1n) is 8.94. The van der Waals surface area contributed by atoms with Crippen LogP contribution in [-0.4, -0.2) is 52.1 Å². The Morgan fingerprint density at radius 3 is 2.78 bits per heavy atom. The first kappa shape index (κ1) is 17.3. The minimum Gasteiger partial charge on any atom is -0.351 e. The maximum Gasteiger partial charge on any atom is 0.317 e. The molecule has 1 aromatic carbocycles. The molecule has 2 N–H and O–H groups in total. The van der Waals surface area contributed by atoms with Crippen LogP contribution in [0.2, 0.25) is 0 Å². The third kappa shape index (κ3) is 3.55. The van der Waals surface area contributed by atoms with Crippen LogP contribution in [0.1, 0.15) is 11.4 Å². The van der Waals surface area contributed by atoms with Crippen molar-refractivity contribution in [2.45, 2.75) is 13.5 Å². The van der Waals surface area contributed by atoms with E-state index in [1.165, 1.54) is 6.07 Å². The molecule has 3 aromatic rings. The number of benzene rings is 1. The molecule has 0 bridgehead atoms. The lowest BCUT2D eigenvalue weighted by molar-refractivity contribution is 0.193. The number of para-hydroxylation sites is 1. The summed E-state index contributed by atoms with van der Waals surface area (Å²) in [5, 5.41) is 2.90. The number of carbonyl (C=O) groups excluding carboxylic acids is 1. The summed E-state index contributed by atoms with van der Waals surface area (Å²) in [6, 6.07) is 8.78. The number of urea groups is 1. The largest absolute Gasteiger partial charge is 0.351 e. The van der Waals surface area contributed by atoms with E-state index in [0.29, 0.717) is 38.5 Å². The molecule has 1 fully saturated rings. The molecule has 0 atom stereocenters. The van der Waals surface area contributed by atoms with Crippen molar-refractivity contribution in [3.05, 3.63) is 53.7 Å². The molecule has 2 amide bonds. The second-order valence-corrected chi connectivity index (χ2v) is 6.60. The number of aromatic amines is 1. The van der Waals surface area contributed by atoms with Crippen LogP contribution in [0.15, 0.2) is 36.5 Å². The van der Waals surface area contributed by atoms with Crippen molar-refractivity contribution in [3.8, 4) is 0 Å². The Kier molecular flexibility index (Phi) is 4.62. The Morgan fingerprint density at radius 2 is 2.04 bits per heavy atom. The van der Waals surface area contributed by atoms with Gasteiger partial charge in [-0.3, -0.25) is 0 Å². The third-order valence-corrected chi connectivity index (χ3v) is 4.78. The number of halogens is 1. The molecule has 1 aliphatic rings. The van der Waals surface area contributed by atoms with E-state index in [1.807, 2.05) is 30.0 Å². The van der Waals surface area contributed by atoms with Gasteiger partial charge in [0.2, 0.25) is 0 Å². The van der Waals surface area contributed by atoms with Gasteiger partial charge in [0.1, 0.15) is 5.82 Å². The number of amides is 2. The number of hydrogen-bond acceptors (Lipinski definition) is 4. The van der Waals surface area contributed by atoms with Crippen molar-refractivity contribution >= 4 is 22.9 Å². The monoisotopic (exact) mass is 368 g/mol. The molecule has 1 saturated heterocycles. The summed E-state index contributed by atoms with van der Waals surface area (Å²) >= 11 is 0. The van der Waals surface area contributed by atoms with Crippen molar-refractivity contribution in [1.29, 1.82) is 0 Å². The van der Waals surface area contributed by atoms with Crippen LogP contribution in [-0.2, 0) is 6.54 Å². The number of aromatic nitrogens is 3. The second-order valence-electron chi connectivity index (χ2n) is 6.60. The molecule has 2 aromatic heterocycles. The fourth-order valence-electron chi connectivity index (χ4n) is 3.31. The van der Waals surface area contributed by atoms with E-state index in [-0.39, 0.29) is 11.8 Å². The highest BCUT2D eigenvalue weighted by Gasteiger charge is 2.23. The summed E-state index contributed by atoms with van der Waals surface area (Å²) < 4.78 is 13.8. The van der Waals surface area contributed by atoms with E-state index in [0.717, 1.165) is 22.4 Å². The molecule has 4 rings (SSSR count). The SMILES string of the molecule is Cc1cccc2[nH]c(CNC(=O)N3CCN(c4ncccc4F)CC3)nc12. The summed E-state index contributed by atoms with van der Waals surface area (Å²) in [7, 11) is 0. The van der Waals surface area contributed by atoms with Crippen LogP contribution >= 0.6 is 0 Å². The van der Waals surface area contributed by atoms with Crippen LogP contribution in [0.25, 0.3) is 11.0 Å². The first-order chi connectivity index (χ1) is 13.1. The van der Waals surface area contributed by atoms with Gasteiger partial charge in [0.05, 0.1) is 17.6 Å². The van der Waals surface area contributed by atoms with Gasteiger partial charge >= 0.3 is 6.03 Å². The molecule has 0 radical (unpaired) electrons. The van der Waals surface area contributed by atoms with Crippen LogP contribution < -0.4 is 10.2 Å².